The summed E-state index contributed by atoms with van der Waals surface area (Å²) in [7, 11) is 1.38. The monoisotopic (exact) mass is 156 g/mol. The summed E-state index contributed by atoms with van der Waals surface area (Å²) in [6, 6.07) is -0.342. The molecule has 0 aliphatic rings. The lowest BCUT2D eigenvalue weighted by molar-refractivity contribution is 0.107. The minimum atomic E-state index is -0.342. The zero-order valence-electron chi connectivity index (χ0n) is 6.73. The summed E-state index contributed by atoms with van der Waals surface area (Å²) in [4.78, 5) is 15.0. The molecule has 4 heteroatoms. The summed E-state index contributed by atoms with van der Waals surface area (Å²) >= 11 is 0. The molecule has 11 heavy (non-hydrogen) atoms. The van der Waals surface area contributed by atoms with Crippen LogP contribution in [0, 0.1) is 11.8 Å². The molecule has 0 rings (SSSR count). The molecule has 0 unspecified atom stereocenters. The Morgan fingerprint density at radius 1 is 1.64 bits per heavy atom. The average molecular weight is 156 g/mol. The molecule has 0 aromatic carbocycles. The van der Waals surface area contributed by atoms with Crippen molar-refractivity contribution in [2.75, 3.05) is 13.7 Å². The molecule has 0 aromatic heterocycles. The molecule has 0 spiro atoms. The molecule has 0 radical (unpaired) electrons. The van der Waals surface area contributed by atoms with E-state index in [2.05, 4.69) is 27.5 Å². The standard InChI is InChI=1S/C7H12N2O2/c1-3-4-5-6-8-7(10)9-11-2/h5-6H2,1-2H3,(H2,8,9,10). The quantitative estimate of drug-likeness (QED) is 0.350. The van der Waals surface area contributed by atoms with E-state index in [9.17, 15) is 4.79 Å². The Morgan fingerprint density at radius 3 is 2.91 bits per heavy atom. The first-order valence-corrected chi connectivity index (χ1v) is 3.27. The number of hydrogen-bond acceptors (Lipinski definition) is 2. The van der Waals surface area contributed by atoms with E-state index in [1.807, 2.05) is 0 Å². The molecule has 0 saturated heterocycles. The van der Waals surface area contributed by atoms with Gasteiger partial charge in [-0.05, 0) is 6.92 Å². The molecular weight excluding hydrogens is 144 g/mol. The highest BCUT2D eigenvalue weighted by atomic mass is 16.6. The molecule has 0 atom stereocenters. The van der Waals surface area contributed by atoms with Crippen molar-refractivity contribution in [1.82, 2.24) is 10.8 Å². The number of hydroxylamine groups is 1. The Morgan fingerprint density at radius 2 is 2.36 bits per heavy atom. The first-order chi connectivity index (χ1) is 5.31. The molecular formula is C7H12N2O2. The van der Waals surface area contributed by atoms with Crippen molar-refractivity contribution in [2.24, 2.45) is 0 Å². The van der Waals surface area contributed by atoms with Gasteiger partial charge in [-0.25, -0.2) is 10.3 Å². The van der Waals surface area contributed by atoms with Crippen LogP contribution < -0.4 is 10.8 Å². The van der Waals surface area contributed by atoms with Crippen molar-refractivity contribution in [3.05, 3.63) is 0 Å². The SMILES string of the molecule is CC#CCCNC(=O)NOC. The number of carbonyl (C=O) groups is 1. The fourth-order valence-corrected chi connectivity index (χ4v) is 0.492. The van der Waals surface area contributed by atoms with E-state index in [1.54, 1.807) is 6.92 Å². The van der Waals surface area contributed by atoms with E-state index in [-0.39, 0.29) is 6.03 Å². The Bertz CT molecular complexity index is 169. The fraction of sp³-hybridized carbons (Fsp3) is 0.571. The summed E-state index contributed by atoms with van der Waals surface area (Å²) in [5.41, 5.74) is 2.12. The number of rotatable bonds is 3. The molecule has 0 aliphatic carbocycles. The molecule has 2 amide bonds. The average Bonchev–Trinajstić information content (AvgIpc) is 1.99. The molecule has 4 nitrogen and oxygen atoms in total. The molecule has 0 saturated carbocycles. The highest BCUT2D eigenvalue weighted by Crippen LogP contribution is 1.71. The highest BCUT2D eigenvalue weighted by Gasteiger charge is 1.93. The lowest BCUT2D eigenvalue weighted by Crippen LogP contribution is -2.35. The zero-order valence-corrected chi connectivity index (χ0v) is 6.73. The molecule has 0 aromatic rings. The first kappa shape index (κ1) is 9.79. The first-order valence-electron chi connectivity index (χ1n) is 3.27. The van der Waals surface area contributed by atoms with E-state index in [0.717, 1.165) is 0 Å². The van der Waals surface area contributed by atoms with Gasteiger partial charge < -0.3 is 5.32 Å². The number of hydrogen-bond donors (Lipinski definition) is 2. The Kier molecular flexibility index (Phi) is 6.14. The number of urea groups is 1. The van der Waals surface area contributed by atoms with Crippen molar-refractivity contribution in [2.45, 2.75) is 13.3 Å². The molecule has 0 heterocycles. The van der Waals surface area contributed by atoms with Gasteiger partial charge in [-0.1, -0.05) is 0 Å². The van der Waals surface area contributed by atoms with Crippen LogP contribution in [-0.4, -0.2) is 19.7 Å². The van der Waals surface area contributed by atoms with Crippen LogP contribution in [0.15, 0.2) is 0 Å². The van der Waals surface area contributed by atoms with Crippen LogP contribution in [0.2, 0.25) is 0 Å². The second kappa shape index (κ2) is 6.90. The fourth-order valence-electron chi connectivity index (χ4n) is 0.492. The lowest BCUT2D eigenvalue weighted by Gasteiger charge is -2.01. The maximum atomic E-state index is 10.6. The number of amides is 2. The lowest BCUT2D eigenvalue weighted by atomic mass is 10.4. The van der Waals surface area contributed by atoms with Gasteiger partial charge in [0.15, 0.2) is 0 Å². The van der Waals surface area contributed by atoms with Crippen LogP contribution in [0.5, 0.6) is 0 Å². The summed E-state index contributed by atoms with van der Waals surface area (Å²) in [6.45, 7) is 2.30. The Labute approximate surface area is 66.3 Å². The minimum absolute atomic E-state index is 0.342. The Balaban J connectivity index is 3.22. The third-order valence-electron chi connectivity index (χ3n) is 0.907. The van der Waals surface area contributed by atoms with Gasteiger partial charge in [0, 0.05) is 13.0 Å². The molecule has 0 aliphatic heterocycles. The van der Waals surface area contributed by atoms with Crippen LogP contribution in [0.4, 0.5) is 4.79 Å². The Hall–Kier alpha value is -1.21. The smallest absolute Gasteiger partial charge is 0.335 e. The largest absolute Gasteiger partial charge is 0.338 e. The summed E-state index contributed by atoms with van der Waals surface area (Å²) in [5, 5.41) is 2.54. The predicted octanol–water partition coefficient (Wildman–Crippen LogP) is 0.260. The van der Waals surface area contributed by atoms with Gasteiger partial charge in [0.2, 0.25) is 0 Å². The van der Waals surface area contributed by atoms with Crippen LogP contribution in [0.25, 0.3) is 0 Å². The maximum Gasteiger partial charge on any atom is 0.338 e. The highest BCUT2D eigenvalue weighted by molar-refractivity contribution is 5.72. The van der Waals surface area contributed by atoms with Gasteiger partial charge in [-0.2, -0.15) is 0 Å². The summed E-state index contributed by atoms with van der Waals surface area (Å²) < 4.78 is 0. The zero-order chi connectivity index (χ0) is 8.53. The van der Waals surface area contributed by atoms with Crippen molar-refractivity contribution in [3.63, 3.8) is 0 Å². The number of carbonyl (C=O) groups excluding carboxylic acids is 1. The molecule has 0 fully saturated rings. The third kappa shape index (κ3) is 6.68. The molecule has 2 N–H and O–H groups in total. The van der Waals surface area contributed by atoms with Crippen molar-refractivity contribution in [3.8, 4) is 11.8 Å². The van der Waals surface area contributed by atoms with Crippen LogP contribution in [0.3, 0.4) is 0 Å². The summed E-state index contributed by atoms with van der Waals surface area (Å²) in [5.74, 6) is 5.53. The van der Waals surface area contributed by atoms with E-state index >= 15 is 0 Å². The van der Waals surface area contributed by atoms with Gasteiger partial charge in [-0.3, -0.25) is 4.84 Å². The van der Waals surface area contributed by atoms with Crippen molar-refractivity contribution in [1.29, 1.82) is 0 Å². The van der Waals surface area contributed by atoms with Crippen LogP contribution in [-0.2, 0) is 4.84 Å². The van der Waals surface area contributed by atoms with Crippen molar-refractivity contribution >= 4 is 6.03 Å². The normalized spacial score (nSPS) is 7.82. The third-order valence-corrected chi connectivity index (χ3v) is 0.907. The summed E-state index contributed by atoms with van der Waals surface area (Å²) in [6.07, 6.45) is 0.660. The van der Waals surface area contributed by atoms with Gasteiger partial charge in [0.05, 0.1) is 7.11 Å². The molecule has 0 bridgehead atoms. The van der Waals surface area contributed by atoms with E-state index in [0.29, 0.717) is 13.0 Å². The predicted molar refractivity (Wildman–Crippen MR) is 41.6 cm³/mol. The minimum Gasteiger partial charge on any atom is -0.335 e. The van der Waals surface area contributed by atoms with Crippen LogP contribution in [0.1, 0.15) is 13.3 Å². The van der Waals surface area contributed by atoms with E-state index < -0.39 is 0 Å². The maximum absolute atomic E-state index is 10.6. The second-order valence-corrected chi connectivity index (χ2v) is 1.74. The van der Waals surface area contributed by atoms with Crippen molar-refractivity contribution < 1.29 is 9.63 Å². The second-order valence-electron chi connectivity index (χ2n) is 1.74. The number of nitrogens with one attached hydrogen (secondary N) is 2. The van der Waals surface area contributed by atoms with Gasteiger partial charge in [-0.15, -0.1) is 11.8 Å². The van der Waals surface area contributed by atoms with Gasteiger partial charge >= 0.3 is 6.03 Å². The van der Waals surface area contributed by atoms with Gasteiger partial charge in [0.1, 0.15) is 0 Å². The van der Waals surface area contributed by atoms with E-state index in [4.69, 9.17) is 0 Å². The van der Waals surface area contributed by atoms with Crippen LogP contribution >= 0.6 is 0 Å². The van der Waals surface area contributed by atoms with E-state index in [1.165, 1.54) is 7.11 Å². The molecule has 62 valence electrons. The van der Waals surface area contributed by atoms with Gasteiger partial charge in [0.25, 0.3) is 0 Å². The topological polar surface area (TPSA) is 50.4 Å².